The first-order valence-electron chi connectivity index (χ1n) is 8.43. The van der Waals surface area contributed by atoms with Crippen molar-refractivity contribution in [2.45, 2.75) is 6.61 Å². The minimum Gasteiger partial charge on any atom is -0.493 e. The number of anilines is 1. The summed E-state index contributed by atoms with van der Waals surface area (Å²) < 4.78 is 17.9. The molecule has 2 aromatic heterocycles. The third-order valence-electron chi connectivity index (χ3n) is 3.84. The lowest BCUT2D eigenvalue weighted by atomic mass is 10.3. The lowest BCUT2D eigenvalue weighted by Gasteiger charge is -2.08. The fourth-order valence-corrected chi connectivity index (χ4v) is 2.51. The van der Waals surface area contributed by atoms with E-state index in [-0.39, 0.29) is 23.7 Å². The number of rotatable bonds is 7. The Bertz CT molecular complexity index is 992. The van der Waals surface area contributed by atoms with Crippen LogP contribution in [0.2, 0.25) is 0 Å². The van der Waals surface area contributed by atoms with Crippen LogP contribution in [0.15, 0.2) is 47.0 Å². The molecule has 3 aromatic rings. The minimum absolute atomic E-state index is 0.0883. The first-order valence-corrected chi connectivity index (χ1v) is 8.43. The second kappa shape index (κ2) is 8.30. The average molecular weight is 384 g/mol. The molecule has 0 spiro atoms. The molecule has 0 atom stereocenters. The van der Waals surface area contributed by atoms with Gasteiger partial charge in [0.2, 0.25) is 0 Å². The topological polar surface area (TPSA) is 108 Å². The molecule has 0 unspecified atom stereocenters. The summed E-state index contributed by atoms with van der Waals surface area (Å²) in [5, 5.41) is 9.15. The summed E-state index contributed by atoms with van der Waals surface area (Å²) in [7, 11) is 4.70. The Labute approximate surface area is 161 Å². The molecule has 9 heteroatoms. The van der Waals surface area contributed by atoms with Crippen LogP contribution in [0.1, 0.15) is 26.8 Å². The molecule has 0 bridgehead atoms. The van der Waals surface area contributed by atoms with Crippen LogP contribution in [0.4, 0.5) is 5.69 Å². The minimum atomic E-state index is -0.498. The maximum absolute atomic E-state index is 12.4. The molecule has 3 rings (SSSR count). The Morgan fingerprint density at radius 1 is 1.14 bits per heavy atom. The highest BCUT2D eigenvalue weighted by molar-refractivity contribution is 6.06. The Hall–Kier alpha value is -3.75. The summed E-state index contributed by atoms with van der Waals surface area (Å²) in [5.41, 5.74) is 0.403. The van der Waals surface area contributed by atoms with E-state index in [1.165, 1.54) is 24.0 Å². The van der Waals surface area contributed by atoms with E-state index in [9.17, 15) is 9.59 Å². The van der Waals surface area contributed by atoms with Gasteiger partial charge in [0.25, 0.3) is 11.8 Å². The Balaban J connectivity index is 1.67. The fourth-order valence-electron chi connectivity index (χ4n) is 2.51. The molecule has 0 aliphatic heterocycles. The Morgan fingerprint density at radius 2 is 1.89 bits per heavy atom. The molecule has 0 saturated heterocycles. The molecule has 2 N–H and O–H groups in total. The zero-order valence-electron chi connectivity index (χ0n) is 15.7. The predicted octanol–water partition coefficient (Wildman–Crippen LogP) is 2.21. The SMILES string of the molecule is CNC(=O)c1nn(C)cc1NC(=O)c1ccc(COc2ccccc2OC)o1. The van der Waals surface area contributed by atoms with Gasteiger partial charge in [-0.3, -0.25) is 14.3 Å². The number of para-hydroxylation sites is 2. The van der Waals surface area contributed by atoms with Gasteiger partial charge in [0.15, 0.2) is 23.0 Å². The third-order valence-corrected chi connectivity index (χ3v) is 3.84. The molecule has 1 aromatic carbocycles. The standard InChI is InChI=1S/C19H20N4O5/c1-20-19(25)17-13(10-23(2)22-17)21-18(24)16-9-8-12(28-16)11-27-15-7-5-4-6-14(15)26-3/h4-10H,11H2,1-3H3,(H,20,25)(H,21,24). The van der Waals surface area contributed by atoms with Crippen molar-refractivity contribution in [3.63, 3.8) is 0 Å². The van der Waals surface area contributed by atoms with E-state index < -0.39 is 11.8 Å². The number of carbonyl (C=O) groups excluding carboxylic acids is 2. The maximum Gasteiger partial charge on any atom is 0.291 e. The molecule has 2 heterocycles. The number of hydrogen-bond acceptors (Lipinski definition) is 6. The van der Waals surface area contributed by atoms with Crippen LogP contribution < -0.4 is 20.1 Å². The van der Waals surface area contributed by atoms with Gasteiger partial charge in [-0.15, -0.1) is 0 Å². The molecule has 0 aliphatic carbocycles. The van der Waals surface area contributed by atoms with Crippen molar-refractivity contribution in [2.24, 2.45) is 7.05 Å². The summed E-state index contributed by atoms with van der Waals surface area (Å²) in [4.78, 5) is 24.3. The number of benzene rings is 1. The normalized spacial score (nSPS) is 10.4. The van der Waals surface area contributed by atoms with Crippen LogP contribution in [-0.2, 0) is 13.7 Å². The van der Waals surface area contributed by atoms with Crippen molar-refractivity contribution >= 4 is 17.5 Å². The lowest BCUT2D eigenvalue weighted by Crippen LogP contribution is -2.21. The van der Waals surface area contributed by atoms with Crippen LogP contribution in [0.3, 0.4) is 0 Å². The molecule has 0 fully saturated rings. The van der Waals surface area contributed by atoms with Crippen LogP contribution >= 0.6 is 0 Å². The monoisotopic (exact) mass is 384 g/mol. The number of aryl methyl sites for hydroxylation is 1. The van der Waals surface area contributed by atoms with Crippen molar-refractivity contribution in [2.75, 3.05) is 19.5 Å². The van der Waals surface area contributed by atoms with Gasteiger partial charge in [-0.05, 0) is 24.3 Å². The smallest absolute Gasteiger partial charge is 0.291 e. The van der Waals surface area contributed by atoms with E-state index in [2.05, 4.69) is 15.7 Å². The highest BCUT2D eigenvalue weighted by Crippen LogP contribution is 2.27. The number of methoxy groups -OCH3 is 1. The zero-order chi connectivity index (χ0) is 20.1. The number of hydrogen-bond donors (Lipinski definition) is 2. The highest BCUT2D eigenvalue weighted by atomic mass is 16.5. The summed E-state index contributed by atoms with van der Waals surface area (Å²) in [5.74, 6) is 0.824. The first kappa shape index (κ1) is 19.0. The molecule has 0 saturated carbocycles. The van der Waals surface area contributed by atoms with E-state index in [4.69, 9.17) is 13.9 Å². The number of nitrogens with one attached hydrogen (secondary N) is 2. The van der Waals surface area contributed by atoms with Gasteiger partial charge in [0.1, 0.15) is 12.4 Å². The summed E-state index contributed by atoms with van der Waals surface area (Å²) >= 11 is 0. The Kier molecular flexibility index (Phi) is 5.64. The number of amides is 2. The van der Waals surface area contributed by atoms with E-state index >= 15 is 0 Å². The van der Waals surface area contributed by atoms with Crippen molar-refractivity contribution in [1.29, 1.82) is 0 Å². The number of carbonyl (C=O) groups is 2. The number of aromatic nitrogens is 2. The van der Waals surface area contributed by atoms with Crippen LogP contribution in [0.25, 0.3) is 0 Å². The number of nitrogens with zero attached hydrogens (tertiary/aromatic N) is 2. The third kappa shape index (κ3) is 4.14. The van der Waals surface area contributed by atoms with Crippen molar-refractivity contribution < 1.29 is 23.5 Å². The van der Waals surface area contributed by atoms with E-state index in [1.807, 2.05) is 12.1 Å². The molecule has 28 heavy (non-hydrogen) atoms. The van der Waals surface area contributed by atoms with Gasteiger partial charge in [-0.25, -0.2) is 0 Å². The molecule has 0 aliphatic rings. The quantitative estimate of drug-likeness (QED) is 0.647. The highest BCUT2D eigenvalue weighted by Gasteiger charge is 2.19. The number of ether oxygens (including phenoxy) is 2. The van der Waals surface area contributed by atoms with Gasteiger partial charge in [0, 0.05) is 20.3 Å². The van der Waals surface area contributed by atoms with Gasteiger partial charge in [-0.1, -0.05) is 12.1 Å². The summed E-state index contributed by atoms with van der Waals surface area (Å²) in [6.45, 7) is 0.129. The largest absolute Gasteiger partial charge is 0.493 e. The molecule has 2 amide bonds. The van der Waals surface area contributed by atoms with Crippen molar-refractivity contribution in [3.05, 3.63) is 59.8 Å². The molecule has 0 radical (unpaired) electrons. The van der Waals surface area contributed by atoms with E-state index in [1.54, 1.807) is 32.4 Å². The van der Waals surface area contributed by atoms with Gasteiger partial charge < -0.3 is 24.5 Å². The van der Waals surface area contributed by atoms with Crippen molar-refractivity contribution in [3.8, 4) is 11.5 Å². The second-order valence-corrected chi connectivity index (χ2v) is 5.80. The van der Waals surface area contributed by atoms with Gasteiger partial charge in [0.05, 0.1) is 12.8 Å². The fraction of sp³-hybridized carbons (Fsp3) is 0.211. The van der Waals surface area contributed by atoms with Crippen LogP contribution in [0.5, 0.6) is 11.5 Å². The lowest BCUT2D eigenvalue weighted by molar-refractivity contribution is 0.0958. The van der Waals surface area contributed by atoms with E-state index in [0.717, 1.165) is 0 Å². The first-order chi connectivity index (χ1) is 13.5. The average Bonchev–Trinajstić information content (AvgIpc) is 3.32. The summed E-state index contributed by atoms with van der Waals surface area (Å²) in [6.07, 6.45) is 1.54. The zero-order valence-corrected chi connectivity index (χ0v) is 15.7. The molecular weight excluding hydrogens is 364 g/mol. The molecule has 146 valence electrons. The molecular formula is C19H20N4O5. The summed E-state index contributed by atoms with van der Waals surface area (Å²) in [6, 6.07) is 10.4. The van der Waals surface area contributed by atoms with E-state index in [0.29, 0.717) is 17.3 Å². The van der Waals surface area contributed by atoms with Crippen LogP contribution in [0, 0.1) is 0 Å². The molecule has 9 nitrogen and oxygen atoms in total. The second-order valence-electron chi connectivity index (χ2n) is 5.80. The van der Waals surface area contributed by atoms with Crippen LogP contribution in [-0.4, -0.2) is 35.8 Å². The van der Waals surface area contributed by atoms with Crippen molar-refractivity contribution in [1.82, 2.24) is 15.1 Å². The predicted molar refractivity (Wildman–Crippen MR) is 101 cm³/mol. The van der Waals surface area contributed by atoms with Gasteiger partial charge in [-0.2, -0.15) is 5.10 Å². The Morgan fingerprint density at radius 3 is 2.61 bits per heavy atom. The maximum atomic E-state index is 12.4. The van der Waals surface area contributed by atoms with Gasteiger partial charge >= 0.3 is 0 Å². The number of furan rings is 1.